The molecule has 0 saturated heterocycles. The van der Waals surface area contributed by atoms with Crippen LogP contribution in [0.25, 0.3) is 10.2 Å². The zero-order chi connectivity index (χ0) is 8.72. The summed E-state index contributed by atoms with van der Waals surface area (Å²) in [6.07, 6.45) is 0. The summed E-state index contributed by atoms with van der Waals surface area (Å²) in [4.78, 5) is 3.02. The van der Waals surface area contributed by atoms with Crippen LogP contribution < -0.4 is 5.73 Å². The van der Waals surface area contributed by atoms with E-state index in [0.717, 1.165) is 14.2 Å². The highest BCUT2D eigenvalue weighted by molar-refractivity contribution is 7.73. The van der Waals surface area contributed by atoms with Crippen LogP contribution in [0.5, 0.6) is 0 Å². The number of anilines is 1. The first-order valence-corrected chi connectivity index (χ1v) is 4.85. The Hall–Kier alpha value is -0.580. The van der Waals surface area contributed by atoms with Crippen LogP contribution in [-0.2, 0) is 0 Å². The molecule has 1 aromatic carbocycles. The molecule has 3 N–H and O–H groups in total. The van der Waals surface area contributed by atoms with Crippen LogP contribution in [0.2, 0.25) is 5.02 Å². The van der Waals surface area contributed by atoms with Crippen molar-refractivity contribution >= 4 is 51.1 Å². The lowest BCUT2D eigenvalue weighted by Crippen LogP contribution is -1.84. The molecular weight excluding hydrogens is 212 g/mol. The summed E-state index contributed by atoms with van der Waals surface area (Å²) in [5, 5.41) is 0.577. The Morgan fingerprint density at radius 3 is 3.00 bits per heavy atom. The van der Waals surface area contributed by atoms with Crippen LogP contribution in [0, 0.1) is 3.95 Å². The lowest BCUT2D eigenvalue weighted by Gasteiger charge is -1.95. The minimum atomic E-state index is 0.577. The molecule has 12 heavy (non-hydrogen) atoms. The summed E-state index contributed by atoms with van der Waals surface area (Å²) >= 11 is 12.3. The Labute approximate surface area is 83.0 Å². The van der Waals surface area contributed by atoms with Crippen molar-refractivity contribution in [1.29, 1.82) is 0 Å². The third-order valence-electron chi connectivity index (χ3n) is 1.54. The molecule has 0 spiro atoms. The van der Waals surface area contributed by atoms with Crippen molar-refractivity contribution in [3.63, 3.8) is 0 Å². The number of halogens is 1. The van der Waals surface area contributed by atoms with Gasteiger partial charge in [0.25, 0.3) is 0 Å². The smallest absolute Gasteiger partial charge is 0.159 e. The molecule has 1 aromatic heterocycles. The highest BCUT2D eigenvalue weighted by atomic mass is 35.5. The van der Waals surface area contributed by atoms with E-state index in [-0.39, 0.29) is 0 Å². The van der Waals surface area contributed by atoms with Gasteiger partial charge >= 0.3 is 0 Å². The molecule has 2 nitrogen and oxygen atoms in total. The van der Waals surface area contributed by atoms with Crippen LogP contribution in [0.3, 0.4) is 0 Å². The lowest BCUT2D eigenvalue weighted by atomic mass is 10.3. The van der Waals surface area contributed by atoms with Crippen LogP contribution in [-0.4, -0.2) is 4.98 Å². The zero-order valence-corrected chi connectivity index (χ0v) is 8.32. The molecule has 0 fully saturated rings. The highest BCUT2D eigenvalue weighted by Crippen LogP contribution is 2.28. The number of nitrogens with two attached hydrogens (primary N) is 1. The normalized spacial score (nSPS) is 10.8. The van der Waals surface area contributed by atoms with E-state index in [1.807, 2.05) is 6.07 Å². The van der Waals surface area contributed by atoms with Crippen molar-refractivity contribution in [2.75, 3.05) is 5.73 Å². The average Bonchev–Trinajstić information content (AvgIpc) is 2.30. The molecule has 0 aliphatic rings. The number of nitrogen functional groups attached to an aromatic ring is 1. The van der Waals surface area contributed by atoms with Gasteiger partial charge in [0.1, 0.15) is 0 Å². The van der Waals surface area contributed by atoms with Gasteiger partial charge in [0.05, 0.1) is 20.9 Å². The van der Waals surface area contributed by atoms with Gasteiger partial charge in [0, 0.05) is 0 Å². The van der Waals surface area contributed by atoms with Gasteiger partial charge < -0.3 is 10.7 Å². The topological polar surface area (TPSA) is 41.8 Å². The number of fused-ring (bicyclic) bond motifs is 1. The van der Waals surface area contributed by atoms with Crippen molar-refractivity contribution in [1.82, 2.24) is 4.98 Å². The van der Waals surface area contributed by atoms with Crippen molar-refractivity contribution in [2.24, 2.45) is 0 Å². The van der Waals surface area contributed by atoms with Crippen LogP contribution in [0.1, 0.15) is 0 Å². The van der Waals surface area contributed by atoms with Gasteiger partial charge in [-0.25, -0.2) is 0 Å². The molecule has 0 saturated carbocycles. The van der Waals surface area contributed by atoms with Crippen molar-refractivity contribution in [3.05, 3.63) is 21.1 Å². The van der Waals surface area contributed by atoms with E-state index < -0.39 is 0 Å². The second-order valence-corrected chi connectivity index (χ2v) is 4.51. The first kappa shape index (κ1) is 8.04. The maximum Gasteiger partial charge on any atom is 0.159 e. The Morgan fingerprint density at radius 1 is 1.50 bits per heavy atom. The molecule has 1 heterocycles. The number of aromatic nitrogens is 1. The fourth-order valence-corrected chi connectivity index (χ4v) is 2.35. The number of hydrogen-bond donors (Lipinski definition) is 2. The average molecular weight is 217 g/mol. The fraction of sp³-hybridized carbons (Fsp3) is 0. The summed E-state index contributed by atoms with van der Waals surface area (Å²) in [5.41, 5.74) is 7.14. The second-order valence-electron chi connectivity index (χ2n) is 2.38. The summed E-state index contributed by atoms with van der Waals surface area (Å²) in [6.45, 7) is 0. The number of rotatable bonds is 0. The first-order valence-electron chi connectivity index (χ1n) is 3.24. The van der Waals surface area contributed by atoms with Gasteiger partial charge in [0.15, 0.2) is 3.95 Å². The maximum absolute atomic E-state index is 5.83. The molecule has 0 amide bonds. The number of thiazole rings is 1. The van der Waals surface area contributed by atoms with Gasteiger partial charge in [-0.15, -0.1) is 11.3 Å². The van der Waals surface area contributed by atoms with E-state index in [4.69, 9.17) is 29.6 Å². The predicted molar refractivity (Wildman–Crippen MR) is 56.4 cm³/mol. The number of hydrogen-bond acceptors (Lipinski definition) is 3. The SMILES string of the molecule is Nc1cc2[nH]c(=S)sc2cc1Cl. The van der Waals surface area contributed by atoms with Crippen LogP contribution in [0.4, 0.5) is 5.69 Å². The Kier molecular flexibility index (Phi) is 1.83. The number of nitrogens with one attached hydrogen (secondary N) is 1. The maximum atomic E-state index is 5.83. The summed E-state index contributed by atoms with van der Waals surface area (Å²) in [7, 11) is 0. The van der Waals surface area contributed by atoms with E-state index in [1.54, 1.807) is 6.07 Å². The minimum absolute atomic E-state index is 0.577. The second kappa shape index (κ2) is 2.73. The molecule has 0 radical (unpaired) electrons. The van der Waals surface area contributed by atoms with Crippen LogP contribution >= 0.6 is 35.2 Å². The third kappa shape index (κ3) is 1.22. The Bertz CT molecular complexity index is 444. The number of benzene rings is 1. The Morgan fingerprint density at radius 2 is 2.25 bits per heavy atom. The molecule has 2 rings (SSSR count). The van der Waals surface area contributed by atoms with E-state index in [1.165, 1.54) is 11.3 Å². The number of H-pyrrole nitrogens is 1. The van der Waals surface area contributed by atoms with Gasteiger partial charge in [-0.1, -0.05) is 11.6 Å². The summed E-state index contributed by atoms with van der Waals surface area (Å²) in [6, 6.07) is 3.62. The van der Waals surface area contributed by atoms with Crippen molar-refractivity contribution in [3.8, 4) is 0 Å². The molecule has 0 aliphatic heterocycles. The predicted octanol–water partition coefficient (Wildman–Crippen LogP) is 3.19. The van der Waals surface area contributed by atoms with Gasteiger partial charge in [0.2, 0.25) is 0 Å². The van der Waals surface area contributed by atoms with Crippen molar-refractivity contribution in [2.45, 2.75) is 0 Å². The molecule has 0 atom stereocenters. The van der Waals surface area contributed by atoms with E-state index in [0.29, 0.717) is 10.7 Å². The van der Waals surface area contributed by atoms with E-state index in [9.17, 15) is 0 Å². The highest BCUT2D eigenvalue weighted by Gasteiger charge is 2.01. The molecular formula is C7H5ClN2S2. The molecule has 62 valence electrons. The quantitative estimate of drug-likeness (QED) is 0.525. The van der Waals surface area contributed by atoms with E-state index >= 15 is 0 Å². The largest absolute Gasteiger partial charge is 0.397 e. The van der Waals surface area contributed by atoms with Gasteiger partial charge in [-0.2, -0.15) is 0 Å². The Balaban J connectivity index is 2.92. The number of aromatic amines is 1. The first-order chi connectivity index (χ1) is 5.66. The molecule has 5 heteroatoms. The molecule has 0 bridgehead atoms. The standard InChI is InChI=1S/C7H5ClN2S2/c8-3-1-6-5(2-4(3)9)10-7(11)12-6/h1-2H,9H2,(H,10,11). The fourth-order valence-electron chi connectivity index (χ4n) is 0.989. The monoisotopic (exact) mass is 216 g/mol. The lowest BCUT2D eigenvalue weighted by molar-refractivity contribution is 1.47. The van der Waals surface area contributed by atoms with E-state index in [2.05, 4.69) is 4.98 Å². The van der Waals surface area contributed by atoms with Crippen LogP contribution in [0.15, 0.2) is 12.1 Å². The van der Waals surface area contributed by atoms with Crippen molar-refractivity contribution < 1.29 is 0 Å². The summed E-state index contributed by atoms with van der Waals surface area (Å²) < 4.78 is 1.78. The zero-order valence-electron chi connectivity index (χ0n) is 5.93. The molecule has 0 aliphatic carbocycles. The van der Waals surface area contributed by atoms with Gasteiger partial charge in [-0.3, -0.25) is 0 Å². The summed E-state index contributed by atoms with van der Waals surface area (Å²) in [5.74, 6) is 0. The molecule has 2 aromatic rings. The minimum Gasteiger partial charge on any atom is -0.397 e. The third-order valence-corrected chi connectivity index (χ3v) is 3.06. The van der Waals surface area contributed by atoms with Gasteiger partial charge in [-0.05, 0) is 24.4 Å². The molecule has 0 unspecified atom stereocenters.